The van der Waals surface area contributed by atoms with Gasteiger partial charge >= 0.3 is 0 Å². The Morgan fingerprint density at radius 1 is 1.00 bits per heavy atom. The van der Waals surface area contributed by atoms with Gasteiger partial charge < -0.3 is 4.57 Å². The lowest BCUT2D eigenvalue weighted by Gasteiger charge is -1.98. The zero-order valence-electron chi connectivity index (χ0n) is 12.0. The smallest absolute Gasteiger partial charge is 0.0948 e. The molecule has 0 unspecified atom stereocenters. The molecular formula is C18H14ClN3. The van der Waals surface area contributed by atoms with Gasteiger partial charge in [-0.2, -0.15) is 5.10 Å². The first-order valence-corrected chi connectivity index (χ1v) is 7.46. The van der Waals surface area contributed by atoms with E-state index in [2.05, 4.69) is 33.1 Å². The fourth-order valence-electron chi connectivity index (χ4n) is 2.82. The van der Waals surface area contributed by atoms with Crippen LogP contribution in [0.1, 0.15) is 0 Å². The highest BCUT2D eigenvalue weighted by molar-refractivity contribution is 6.33. The third kappa shape index (κ3) is 2.02. The predicted octanol–water partition coefficient (Wildman–Crippen LogP) is 4.89. The van der Waals surface area contributed by atoms with Crippen molar-refractivity contribution in [2.24, 2.45) is 7.05 Å². The Balaban J connectivity index is 1.86. The molecule has 2 heterocycles. The second kappa shape index (κ2) is 5.04. The summed E-state index contributed by atoms with van der Waals surface area (Å²) in [6, 6.07) is 18.1. The minimum Gasteiger partial charge on any atom is -0.350 e. The Labute approximate surface area is 133 Å². The molecule has 3 nitrogen and oxygen atoms in total. The Bertz CT molecular complexity index is 965. The molecule has 0 aliphatic carbocycles. The molecule has 2 aromatic carbocycles. The van der Waals surface area contributed by atoms with Gasteiger partial charge in [0.1, 0.15) is 0 Å². The minimum absolute atomic E-state index is 0.718. The largest absolute Gasteiger partial charge is 0.350 e. The summed E-state index contributed by atoms with van der Waals surface area (Å²) in [5, 5.41) is 9.48. The third-order valence-corrected chi connectivity index (χ3v) is 4.24. The van der Waals surface area contributed by atoms with Crippen LogP contribution in [0.2, 0.25) is 5.02 Å². The van der Waals surface area contributed by atoms with Crippen molar-refractivity contribution < 1.29 is 0 Å². The SMILES string of the molecule is Cn1cc(-c2cc(-c3ccccc3Cl)[nH]n2)c2ccccc21. The highest BCUT2D eigenvalue weighted by atomic mass is 35.5. The summed E-state index contributed by atoms with van der Waals surface area (Å²) in [4.78, 5) is 0. The van der Waals surface area contributed by atoms with Crippen LogP contribution in [-0.2, 0) is 7.05 Å². The van der Waals surface area contributed by atoms with Gasteiger partial charge in [0.25, 0.3) is 0 Å². The average molecular weight is 308 g/mol. The van der Waals surface area contributed by atoms with Crippen molar-refractivity contribution in [3.63, 3.8) is 0 Å². The second-order valence-corrected chi connectivity index (χ2v) is 5.72. The van der Waals surface area contributed by atoms with Crippen LogP contribution >= 0.6 is 11.6 Å². The summed E-state index contributed by atoms with van der Waals surface area (Å²) in [6.07, 6.45) is 2.11. The van der Waals surface area contributed by atoms with Gasteiger partial charge in [0.05, 0.1) is 11.4 Å². The first-order chi connectivity index (χ1) is 10.7. The van der Waals surface area contributed by atoms with E-state index in [1.165, 1.54) is 10.9 Å². The van der Waals surface area contributed by atoms with E-state index in [4.69, 9.17) is 11.6 Å². The molecule has 22 heavy (non-hydrogen) atoms. The quantitative estimate of drug-likeness (QED) is 0.562. The van der Waals surface area contributed by atoms with E-state index in [0.29, 0.717) is 0 Å². The zero-order chi connectivity index (χ0) is 15.1. The Morgan fingerprint density at radius 3 is 2.64 bits per heavy atom. The molecule has 0 spiro atoms. The minimum atomic E-state index is 0.718. The first kappa shape index (κ1) is 13.2. The molecule has 1 N–H and O–H groups in total. The normalized spacial score (nSPS) is 11.2. The van der Waals surface area contributed by atoms with Crippen molar-refractivity contribution in [3.05, 3.63) is 65.8 Å². The maximum absolute atomic E-state index is 6.26. The van der Waals surface area contributed by atoms with E-state index in [1.807, 2.05) is 49.5 Å². The number of aromatic amines is 1. The van der Waals surface area contributed by atoms with Gasteiger partial charge in [-0.1, -0.05) is 48.0 Å². The van der Waals surface area contributed by atoms with Crippen LogP contribution in [0.3, 0.4) is 0 Å². The van der Waals surface area contributed by atoms with E-state index in [1.54, 1.807) is 0 Å². The molecule has 0 amide bonds. The average Bonchev–Trinajstić information content (AvgIpc) is 3.13. The van der Waals surface area contributed by atoms with Crippen molar-refractivity contribution >= 4 is 22.5 Å². The molecule has 0 bridgehead atoms. The number of fused-ring (bicyclic) bond motifs is 1. The Hall–Kier alpha value is -2.52. The lowest BCUT2D eigenvalue weighted by atomic mass is 10.1. The van der Waals surface area contributed by atoms with E-state index in [9.17, 15) is 0 Å². The Kier molecular flexibility index (Phi) is 3.01. The van der Waals surface area contributed by atoms with Crippen molar-refractivity contribution in [1.82, 2.24) is 14.8 Å². The fourth-order valence-corrected chi connectivity index (χ4v) is 3.06. The van der Waals surface area contributed by atoms with E-state index in [-0.39, 0.29) is 0 Å². The molecule has 2 aromatic heterocycles. The fraction of sp³-hybridized carbons (Fsp3) is 0.0556. The van der Waals surface area contributed by atoms with Gasteiger partial charge in [0, 0.05) is 40.3 Å². The van der Waals surface area contributed by atoms with Crippen molar-refractivity contribution in [2.45, 2.75) is 0 Å². The molecule has 0 atom stereocenters. The van der Waals surface area contributed by atoms with Crippen LogP contribution in [0.15, 0.2) is 60.8 Å². The number of aryl methyl sites for hydroxylation is 1. The predicted molar refractivity (Wildman–Crippen MR) is 90.9 cm³/mol. The molecule has 0 fully saturated rings. The molecule has 4 aromatic rings. The summed E-state index contributed by atoms with van der Waals surface area (Å²) in [5.41, 5.74) is 5.12. The number of para-hydroxylation sites is 1. The van der Waals surface area contributed by atoms with E-state index < -0.39 is 0 Å². The number of nitrogens with one attached hydrogen (secondary N) is 1. The van der Waals surface area contributed by atoms with Crippen molar-refractivity contribution in [3.8, 4) is 22.5 Å². The monoisotopic (exact) mass is 307 g/mol. The number of rotatable bonds is 2. The lowest BCUT2D eigenvalue weighted by molar-refractivity contribution is 0.969. The molecule has 108 valence electrons. The highest BCUT2D eigenvalue weighted by Crippen LogP contribution is 2.32. The molecule has 0 radical (unpaired) electrons. The second-order valence-electron chi connectivity index (χ2n) is 5.32. The van der Waals surface area contributed by atoms with Gasteiger partial charge in [-0.25, -0.2) is 0 Å². The summed E-state index contributed by atoms with van der Waals surface area (Å²) in [7, 11) is 2.05. The van der Waals surface area contributed by atoms with E-state index in [0.717, 1.165) is 27.5 Å². The number of benzene rings is 2. The third-order valence-electron chi connectivity index (χ3n) is 3.91. The standard InChI is InChI=1S/C18H14ClN3/c1-22-11-14(12-6-3-5-9-18(12)22)17-10-16(20-21-17)13-7-2-4-8-15(13)19/h2-11H,1H3,(H,20,21). The topological polar surface area (TPSA) is 33.6 Å². The number of nitrogens with zero attached hydrogens (tertiary/aromatic N) is 2. The Morgan fingerprint density at radius 2 is 1.77 bits per heavy atom. The molecular weight excluding hydrogens is 294 g/mol. The van der Waals surface area contributed by atoms with Crippen LogP contribution in [0.4, 0.5) is 0 Å². The molecule has 0 saturated carbocycles. The maximum Gasteiger partial charge on any atom is 0.0948 e. The van der Waals surface area contributed by atoms with Crippen molar-refractivity contribution in [1.29, 1.82) is 0 Å². The summed E-state index contributed by atoms with van der Waals surface area (Å²) in [6.45, 7) is 0. The lowest BCUT2D eigenvalue weighted by Crippen LogP contribution is -1.81. The summed E-state index contributed by atoms with van der Waals surface area (Å²) in [5.74, 6) is 0. The van der Waals surface area contributed by atoms with Gasteiger partial charge in [0.15, 0.2) is 0 Å². The molecule has 4 heteroatoms. The molecule has 0 aliphatic heterocycles. The first-order valence-electron chi connectivity index (χ1n) is 7.09. The number of hydrogen-bond donors (Lipinski definition) is 1. The van der Waals surface area contributed by atoms with Crippen LogP contribution in [0.5, 0.6) is 0 Å². The van der Waals surface area contributed by atoms with Crippen LogP contribution in [0, 0.1) is 0 Å². The van der Waals surface area contributed by atoms with Crippen molar-refractivity contribution in [2.75, 3.05) is 0 Å². The van der Waals surface area contributed by atoms with Gasteiger partial charge in [-0.3, -0.25) is 5.10 Å². The zero-order valence-corrected chi connectivity index (χ0v) is 12.8. The molecule has 4 rings (SSSR count). The van der Waals surface area contributed by atoms with Gasteiger partial charge in [-0.05, 0) is 18.2 Å². The molecule has 0 aliphatic rings. The van der Waals surface area contributed by atoms with Crippen LogP contribution in [0.25, 0.3) is 33.4 Å². The summed E-state index contributed by atoms with van der Waals surface area (Å²) >= 11 is 6.26. The maximum atomic E-state index is 6.26. The highest BCUT2D eigenvalue weighted by Gasteiger charge is 2.13. The van der Waals surface area contributed by atoms with Gasteiger partial charge in [-0.15, -0.1) is 0 Å². The molecule has 0 saturated heterocycles. The number of aromatic nitrogens is 3. The van der Waals surface area contributed by atoms with Gasteiger partial charge in [0.2, 0.25) is 0 Å². The number of H-pyrrole nitrogens is 1. The van der Waals surface area contributed by atoms with E-state index >= 15 is 0 Å². The number of hydrogen-bond acceptors (Lipinski definition) is 1. The van der Waals surface area contributed by atoms with Crippen LogP contribution < -0.4 is 0 Å². The summed E-state index contributed by atoms with van der Waals surface area (Å²) < 4.78 is 2.12. The van der Waals surface area contributed by atoms with Crippen LogP contribution in [-0.4, -0.2) is 14.8 Å². The number of halogens is 1.